The van der Waals surface area contributed by atoms with Crippen molar-refractivity contribution >= 4 is 38.8 Å². The van der Waals surface area contributed by atoms with Crippen molar-refractivity contribution in [3.8, 4) is 0 Å². The van der Waals surface area contributed by atoms with Crippen molar-refractivity contribution in [3.63, 3.8) is 0 Å². The van der Waals surface area contributed by atoms with E-state index in [4.69, 9.17) is 5.14 Å². The summed E-state index contributed by atoms with van der Waals surface area (Å²) in [4.78, 5) is 12.9. The van der Waals surface area contributed by atoms with Crippen LogP contribution in [0.2, 0.25) is 0 Å². The zero-order valence-corrected chi connectivity index (χ0v) is 12.2. The minimum Gasteiger partial charge on any atom is -0.346 e. The number of amides is 1. The van der Waals surface area contributed by atoms with Crippen molar-refractivity contribution in [1.29, 1.82) is 0 Å². The number of nitrogens with zero attached hydrogens (tertiary/aromatic N) is 2. The van der Waals surface area contributed by atoms with E-state index in [-0.39, 0.29) is 16.7 Å². The molecule has 0 bridgehead atoms. The molecule has 10 heteroatoms. The highest BCUT2D eigenvalue weighted by molar-refractivity contribution is 7.91. The van der Waals surface area contributed by atoms with Gasteiger partial charge in [-0.1, -0.05) is 4.49 Å². The number of nitrogens with two attached hydrogens (primary N) is 1. The van der Waals surface area contributed by atoms with Gasteiger partial charge in [0.15, 0.2) is 0 Å². The second-order valence-electron chi connectivity index (χ2n) is 3.64. The second kappa shape index (κ2) is 5.33. The number of hydrogen-bond donors (Lipinski definition) is 2. The Morgan fingerprint density at radius 2 is 2.21 bits per heavy atom. The van der Waals surface area contributed by atoms with Gasteiger partial charge in [-0.15, -0.1) is 16.4 Å². The molecule has 0 aliphatic carbocycles. The maximum Gasteiger partial charge on any atom is 0.265 e. The van der Waals surface area contributed by atoms with Gasteiger partial charge in [0.2, 0.25) is 10.0 Å². The van der Waals surface area contributed by atoms with E-state index in [1.54, 1.807) is 13.0 Å². The lowest BCUT2D eigenvalue weighted by atomic mass is 10.3. The summed E-state index contributed by atoms with van der Waals surface area (Å²) < 4.78 is 26.0. The SMILES string of the molecule is Cc1nnsc1C(=O)NCc1ccc(S(N)(=O)=O)s1. The van der Waals surface area contributed by atoms with Gasteiger partial charge in [-0.05, 0) is 30.6 Å². The van der Waals surface area contributed by atoms with Crippen molar-refractivity contribution in [2.24, 2.45) is 5.14 Å². The van der Waals surface area contributed by atoms with Gasteiger partial charge in [0.1, 0.15) is 9.09 Å². The number of aryl methyl sites for hydroxylation is 1. The first-order valence-electron chi connectivity index (χ1n) is 5.06. The summed E-state index contributed by atoms with van der Waals surface area (Å²) in [6.45, 7) is 1.93. The molecule has 2 rings (SSSR count). The summed E-state index contributed by atoms with van der Waals surface area (Å²) in [5.74, 6) is -0.280. The number of carbonyl (C=O) groups is 1. The van der Waals surface area contributed by atoms with E-state index in [9.17, 15) is 13.2 Å². The average Bonchev–Trinajstić information content (AvgIpc) is 2.93. The zero-order valence-electron chi connectivity index (χ0n) is 9.78. The van der Waals surface area contributed by atoms with Gasteiger partial charge in [-0.25, -0.2) is 13.6 Å². The maximum atomic E-state index is 11.8. The predicted molar refractivity (Wildman–Crippen MR) is 71.5 cm³/mol. The molecule has 2 aromatic heterocycles. The maximum absolute atomic E-state index is 11.8. The van der Waals surface area contributed by atoms with Gasteiger partial charge < -0.3 is 5.32 Å². The Morgan fingerprint density at radius 1 is 1.47 bits per heavy atom. The largest absolute Gasteiger partial charge is 0.346 e. The van der Waals surface area contributed by atoms with Gasteiger partial charge in [0.05, 0.1) is 12.2 Å². The van der Waals surface area contributed by atoms with E-state index in [0.717, 1.165) is 22.9 Å². The zero-order chi connectivity index (χ0) is 14.0. The molecule has 0 unspecified atom stereocenters. The summed E-state index contributed by atoms with van der Waals surface area (Å²) >= 11 is 2.04. The van der Waals surface area contributed by atoms with E-state index >= 15 is 0 Å². The number of rotatable bonds is 4. The third-order valence-corrected chi connectivity index (χ3v) is 5.55. The van der Waals surface area contributed by atoms with Crippen LogP contribution in [0.15, 0.2) is 16.3 Å². The van der Waals surface area contributed by atoms with Crippen LogP contribution in [0, 0.1) is 6.92 Å². The Morgan fingerprint density at radius 3 is 2.74 bits per heavy atom. The number of nitrogens with one attached hydrogen (secondary N) is 1. The number of hydrogen-bond acceptors (Lipinski definition) is 7. The van der Waals surface area contributed by atoms with Crippen LogP contribution in [-0.4, -0.2) is 23.9 Å². The molecule has 2 heterocycles. The number of aromatic nitrogens is 2. The number of carbonyl (C=O) groups excluding carboxylic acids is 1. The van der Waals surface area contributed by atoms with Gasteiger partial charge in [-0.3, -0.25) is 4.79 Å². The normalized spacial score (nSPS) is 11.5. The minimum absolute atomic E-state index is 0.0763. The van der Waals surface area contributed by atoms with E-state index in [2.05, 4.69) is 14.9 Å². The topological polar surface area (TPSA) is 115 Å². The third kappa shape index (κ3) is 3.35. The second-order valence-corrected chi connectivity index (χ2v) is 7.35. The molecule has 0 atom stereocenters. The molecule has 3 N–H and O–H groups in total. The van der Waals surface area contributed by atoms with Crippen LogP contribution in [0.4, 0.5) is 0 Å². The smallest absolute Gasteiger partial charge is 0.265 e. The van der Waals surface area contributed by atoms with Crippen molar-refractivity contribution < 1.29 is 13.2 Å². The first kappa shape index (κ1) is 14.1. The third-order valence-electron chi connectivity index (χ3n) is 2.20. The molecule has 1 amide bonds. The molecule has 0 aliphatic heterocycles. The van der Waals surface area contributed by atoms with Crippen LogP contribution in [0.5, 0.6) is 0 Å². The van der Waals surface area contributed by atoms with E-state index in [1.807, 2.05) is 0 Å². The first-order valence-corrected chi connectivity index (χ1v) is 8.20. The minimum atomic E-state index is -3.68. The Balaban J connectivity index is 2.02. The fourth-order valence-electron chi connectivity index (χ4n) is 1.29. The van der Waals surface area contributed by atoms with Crippen LogP contribution in [0.3, 0.4) is 0 Å². The molecule has 7 nitrogen and oxygen atoms in total. The fraction of sp³-hybridized carbons (Fsp3) is 0.222. The average molecular weight is 318 g/mol. The van der Waals surface area contributed by atoms with Crippen LogP contribution < -0.4 is 10.5 Å². The van der Waals surface area contributed by atoms with Crippen molar-refractivity contribution in [2.45, 2.75) is 17.7 Å². The van der Waals surface area contributed by atoms with Gasteiger partial charge in [-0.2, -0.15) is 0 Å². The van der Waals surface area contributed by atoms with E-state index < -0.39 is 10.0 Å². The highest BCUT2D eigenvalue weighted by Gasteiger charge is 2.14. The first-order chi connectivity index (χ1) is 8.88. The lowest BCUT2D eigenvalue weighted by molar-refractivity contribution is 0.0954. The molecule has 2 aromatic rings. The molecule has 0 radical (unpaired) electrons. The van der Waals surface area contributed by atoms with Crippen LogP contribution in [0.1, 0.15) is 20.2 Å². The molecule has 19 heavy (non-hydrogen) atoms. The molecule has 0 aromatic carbocycles. The van der Waals surface area contributed by atoms with Gasteiger partial charge >= 0.3 is 0 Å². The highest BCUT2D eigenvalue weighted by atomic mass is 32.2. The van der Waals surface area contributed by atoms with E-state index in [1.165, 1.54) is 6.07 Å². The summed E-state index contributed by atoms with van der Waals surface area (Å²) in [6, 6.07) is 3.03. The number of primary sulfonamides is 1. The van der Waals surface area contributed by atoms with Crippen molar-refractivity contribution in [3.05, 3.63) is 27.6 Å². The number of thiophene rings is 1. The summed E-state index contributed by atoms with van der Waals surface area (Å²) in [7, 11) is -3.68. The Labute approximate surface area is 117 Å². The van der Waals surface area contributed by atoms with Crippen LogP contribution in [0.25, 0.3) is 0 Å². The number of sulfonamides is 1. The predicted octanol–water partition coefficient (Wildman–Crippen LogP) is 0.485. The standard InChI is InChI=1S/C9H10N4O3S3/c1-5-8(18-13-12-5)9(14)11-4-6-2-3-7(17-6)19(10,15)16/h2-3H,4H2,1H3,(H,11,14)(H2,10,15,16). The molecule has 0 fully saturated rings. The Kier molecular flexibility index (Phi) is 3.94. The quantitative estimate of drug-likeness (QED) is 0.851. The molecular formula is C9H10N4O3S3. The molecule has 0 spiro atoms. The Bertz CT molecular complexity index is 704. The Hall–Kier alpha value is -1.36. The molecule has 102 valence electrons. The van der Waals surface area contributed by atoms with Gasteiger partial charge in [0.25, 0.3) is 5.91 Å². The molecule has 0 aliphatic rings. The van der Waals surface area contributed by atoms with E-state index in [0.29, 0.717) is 15.4 Å². The molecular weight excluding hydrogens is 308 g/mol. The summed E-state index contributed by atoms with van der Waals surface area (Å²) in [6.07, 6.45) is 0. The summed E-state index contributed by atoms with van der Waals surface area (Å²) in [5.41, 5.74) is 0.568. The highest BCUT2D eigenvalue weighted by Crippen LogP contribution is 2.20. The molecule has 0 saturated carbocycles. The lowest BCUT2D eigenvalue weighted by Crippen LogP contribution is -2.22. The van der Waals surface area contributed by atoms with Gasteiger partial charge in [0, 0.05) is 4.88 Å². The van der Waals surface area contributed by atoms with Crippen molar-refractivity contribution in [2.75, 3.05) is 0 Å². The molecule has 0 saturated heterocycles. The monoisotopic (exact) mass is 318 g/mol. The fourth-order valence-corrected chi connectivity index (χ4v) is 3.58. The van der Waals surface area contributed by atoms with Crippen LogP contribution in [-0.2, 0) is 16.6 Å². The summed E-state index contributed by atoms with van der Waals surface area (Å²) in [5, 5.41) is 11.4. The lowest BCUT2D eigenvalue weighted by Gasteiger charge is -2.00. The van der Waals surface area contributed by atoms with Crippen molar-refractivity contribution in [1.82, 2.24) is 14.9 Å². The van der Waals surface area contributed by atoms with Crippen LogP contribution >= 0.6 is 22.9 Å².